The predicted octanol–water partition coefficient (Wildman–Crippen LogP) is 5.54. The molecular formula is C20H22Cl2N2O2S. The number of aryl methyl sites for hydroxylation is 2. The molecule has 0 aliphatic carbocycles. The van der Waals surface area contributed by atoms with Gasteiger partial charge in [0.2, 0.25) is 5.91 Å². The van der Waals surface area contributed by atoms with Gasteiger partial charge in [-0.3, -0.25) is 4.79 Å². The highest BCUT2D eigenvalue weighted by Crippen LogP contribution is 2.27. The van der Waals surface area contributed by atoms with E-state index >= 15 is 0 Å². The topological polar surface area (TPSA) is 50.4 Å². The Morgan fingerprint density at radius 2 is 2.00 bits per heavy atom. The van der Waals surface area contributed by atoms with Crippen molar-refractivity contribution in [2.24, 2.45) is 0 Å². The van der Waals surface area contributed by atoms with Gasteiger partial charge in [0.05, 0.1) is 11.6 Å². The van der Waals surface area contributed by atoms with Crippen LogP contribution in [0.2, 0.25) is 10.0 Å². The van der Waals surface area contributed by atoms with E-state index in [4.69, 9.17) is 40.2 Å². The first-order chi connectivity index (χ1) is 12.9. The van der Waals surface area contributed by atoms with Gasteiger partial charge < -0.3 is 15.4 Å². The van der Waals surface area contributed by atoms with Crippen molar-refractivity contribution in [3.05, 3.63) is 57.6 Å². The van der Waals surface area contributed by atoms with E-state index in [1.807, 2.05) is 25.1 Å². The van der Waals surface area contributed by atoms with Crippen LogP contribution in [0.4, 0.5) is 5.69 Å². The third kappa shape index (κ3) is 6.69. The molecule has 2 aromatic carbocycles. The van der Waals surface area contributed by atoms with Crippen LogP contribution in [0.25, 0.3) is 0 Å². The standard InChI is InChI=1S/C20H22Cl2N2O2S/c1-3-14-7-4-6-13(2)19(14)24-20(27)23-18(25)8-5-11-26-17-10-9-15(21)12-16(17)22/h4,6-7,9-10,12H,3,5,8,11H2,1-2H3,(H2,23,24,25,27). The highest BCUT2D eigenvalue weighted by atomic mass is 35.5. The number of halogens is 2. The number of carbonyl (C=O) groups excluding carboxylic acids is 1. The summed E-state index contributed by atoms with van der Waals surface area (Å²) in [6.45, 7) is 4.45. The van der Waals surface area contributed by atoms with Crippen molar-refractivity contribution in [3.8, 4) is 5.75 Å². The largest absolute Gasteiger partial charge is 0.492 e. The molecule has 0 fully saturated rings. The summed E-state index contributed by atoms with van der Waals surface area (Å²) < 4.78 is 5.57. The molecule has 0 unspecified atom stereocenters. The Kier molecular flexibility index (Phi) is 8.35. The summed E-state index contributed by atoms with van der Waals surface area (Å²) in [6.07, 6.45) is 1.71. The van der Waals surface area contributed by atoms with Crippen LogP contribution in [-0.2, 0) is 11.2 Å². The fraction of sp³-hybridized carbons (Fsp3) is 0.300. The molecule has 2 aromatic rings. The lowest BCUT2D eigenvalue weighted by Crippen LogP contribution is -2.34. The number of carbonyl (C=O) groups is 1. The van der Waals surface area contributed by atoms with Crippen molar-refractivity contribution in [2.75, 3.05) is 11.9 Å². The molecule has 0 atom stereocenters. The molecule has 0 aromatic heterocycles. The van der Waals surface area contributed by atoms with Crippen LogP contribution < -0.4 is 15.4 Å². The summed E-state index contributed by atoms with van der Waals surface area (Å²) in [5.74, 6) is 0.384. The van der Waals surface area contributed by atoms with Gasteiger partial charge in [0, 0.05) is 17.1 Å². The fourth-order valence-corrected chi connectivity index (χ4v) is 3.22. The van der Waals surface area contributed by atoms with Crippen molar-refractivity contribution < 1.29 is 9.53 Å². The fourth-order valence-electron chi connectivity index (χ4n) is 2.54. The van der Waals surface area contributed by atoms with E-state index in [1.54, 1.807) is 18.2 Å². The predicted molar refractivity (Wildman–Crippen MR) is 116 cm³/mol. The molecule has 2 rings (SSSR count). The number of hydrogen-bond donors (Lipinski definition) is 2. The molecule has 4 nitrogen and oxygen atoms in total. The zero-order chi connectivity index (χ0) is 19.8. The van der Waals surface area contributed by atoms with Crippen molar-refractivity contribution in [1.29, 1.82) is 0 Å². The lowest BCUT2D eigenvalue weighted by atomic mass is 10.1. The van der Waals surface area contributed by atoms with Gasteiger partial charge >= 0.3 is 0 Å². The van der Waals surface area contributed by atoms with Crippen LogP contribution in [0.5, 0.6) is 5.75 Å². The number of nitrogens with one attached hydrogen (secondary N) is 2. The van der Waals surface area contributed by atoms with Crippen molar-refractivity contribution in [3.63, 3.8) is 0 Å². The lowest BCUT2D eigenvalue weighted by molar-refractivity contribution is -0.119. The monoisotopic (exact) mass is 424 g/mol. The minimum absolute atomic E-state index is 0.162. The molecule has 27 heavy (non-hydrogen) atoms. The van der Waals surface area contributed by atoms with Gasteiger partial charge in [-0.05, 0) is 61.3 Å². The summed E-state index contributed by atoms with van der Waals surface area (Å²) in [7, 11) is 0. The van der Waals surface area contributed by atoms with Gasteiger partial charge in [0.1, 0.15) is 5.75 Å². The third-order valence-electron chi connectivity index (χ3n) is 3.93. The molecule has 0 saturated heterocycles. The molecule has 144 valence electrons. The smallest absolute Gasteiger partial charge is 0.226 e. The van der Waals surface area contributed by atoms with E-state index in [2.05, 4.69) is 17.6 Å². The second kappa shape index (κ2) is 10.5. The van der Waals surface area contributed by atoms with Crippen LogP contribution in [0.3, 0.4) is 0 Å². The summed E-state index contributed by atoms with van der Waals surface area (Å²) in [5, 5.41) is 7.13. The molecule has 0 radical (unpaired) electrons. The van der Waals surface area contributed by atoms with Crippen LogP contribution in [0, 0.1) is 6.92 Å². The molecule has 2 N–H and O–H groups in total. The van der Waals surface area contributed by atoms with E-state index in [0.717, 1.165) is 23.2 Å². The Balaban J connectivity index is 1.76. The van der Waals surface area contributed by atoms with Gasteiger partial charge in [0.15, 0.2) is 5.11 Å². The van der Waals surface area contributed by atoms with Crippen LogP contribution in [0.1, 0.15) is 30.9 Å². The average molecular weight is 425 g/mol. The van der Waals surface area contributed by atoms with Gasteiger partial charge in [-0.2, -0.15) is 0 Å². The Bertz CT molecular complexity index is 828. The quantitative estimate of drug-likeness (QED) is 0.452. The molecule has 0 aliphatic rings. The number of hydrogen-bond acceptors (Lipinski definition) is 3. The maximum Gasteiger partial charge on any atom is 0.226 e. The third-order valence-corrected chi connectivity index (χ3v) is 4.67. The molecular weight excluding hydrogens is 403 g/mol. The molecule has 1 amide bonds. The van der Waals surface area contributed by atoms with E-state index in [0.29, 0.717) is 40.4 Å². The first-order valence-electron chi connectivity index (χ1n) is 8.68. The summed E-state index contributed by atoms with van der Waals surface area (Å²) in [5.41, 5.74) is 3.19. The summed E-state index contributed by atoms with van der Waals surface area (Å²) in [4.78, 5) is 12.1. The molecule has 0 bridgehead atoms. The second-order valence-electron chi connectivity index (χ2n) is 5.99. The van der Waals surface area contributed by atoms with Crippen LogP contribution >= 0.6 is 35.4 Å². The Labute approximate surface area is 175 Å². The highest BCUT2D eigenvalue weighted by molar-refractivity contribution is 7.80. The second-order valence-corrected chi connectivity index (χ2v) is 7.24. The number of rotatable bonds is 7. The zero-order valence-electron chi connectivity index (χ0n) is 15.3. The minimum Gasteiger partial charge on any atom is -0.492 e. The molecule has 0 aliphatic heterocycles. The lowest BCUT2D eigenvalue weighted by Gasteiger charge is -2.15. The van der Waals surface area contributed by atoms with Crippen molar-refractivity contribution in [1.82, 2.24) is 5.32 Å². The molecule has 0 spiro atoms. The molecule has 7 heteroatoms. The van der Waals surface area contributed by atoms with Gasteiger partial charge in [-0.15, -0.1) is 0 Å². The van der Waals surface area contributed by atoms with Gasteiger partial charge in [0.25, 0.3) is 0 Å². The number of thiocarbonyl (C=S) groups is 1. The van der Waals surface area contributed by atoms with E-state index in [1.165, 1.54) is 0 Å². The Hall–Kier alpha value is -1.82. The zero-order valence-corrected chi connectivity index (χ0v) is 17.6. The van der Waals surface area contributed by atoms with Crippen LogP contribution in [-0.4, -0.2) is 17.6 Å². The average Bonchev–Trinajstić information content (AvgIpc) is 2.61. The van der Waals surface area contributed by atoms with E-state index in [9.17, 15) is 4.79 Å². The minimum atomic E-state index is -0.162. The van der Waals surface area contributed by atoms with E-state index in [-0.39, 0.29) is 5.91 Å². The number of anilines is 1. The van der Waals surface area contributed by atoms with Gasteiger partial charge in [-0.25, -0.2) is 0 Å². The number of amides is 1. The van der Waals surface area contributed by atoms with Gasteiger partial charge in [-0.1, -0.05) is 48.3 Å². The first-order valence-corrected chi connectivity index (χ1v) is 9.84. The first kappa shape index (κ1) is 21.5. The van der Waals surface area contributed by atoms with Crippen LogP contribution in [0.15, 0.2) is 36.4 Å². The van der Waals surface area contributed by atoms with E-state index < -0.39 is 0 Å². The number of ether oxygens (including phenoxy) is 1. The normalized spacial score (nSPS) is 10.4. The molecule has 0 saturated carbocycles. The SMILES string of the molecule is CCc1cccc(C)c1NC(=S)NC(=O)CCCOc1ccc(Cl)cc1Cl. The van der Waals surface area contributed by atoms with Crippen molar-refractivity contribution in [2.45, 2.75) is 33.1 Å². The maximum absolute atomic E-state index is 12.1. The Morgan fingerprint density at radius 3 is 2.70 bits per heavy atom. The number of para-hydroxylation sites is 1. The Morgan fingerprint density at radius 1 is 1.22 bits per heavy atom. The number of benzene rings is 2. The van der Waals surface area contributed by atoms with Crippen molar-refractivity contribution >= 4 is 52.1 Å². The highest BCUT2D eigenvalue weighted by Gasteiger charge is 2.09. The maximum atomic E-state index is 12.1. The summed E-state index contributed by atoms with van der Waals surface area (Å²) >= 11 is 17.1. The molecule has 0 heterocycles. The summed E-state index contributed by atoms with van der Waals surface area (Å²) in [6, 6.07) is 11.1.